The second-order valence-electron chi connectivity index (χ2n) is 9.42. The third-order valence-electron chi connectivity index (χ3n) is 6.16. The summed E-state index contributed by atoms with van der Waals surface area (Å²) in [5.74, 6) is 3.36. The number of nitrogens with zero attached hydrogens (tertiary/aromatic N) is 4. The van der Waals surface area contributed by atoms with Crippen LogP contribution in [0.1, 0.15) is 0 Å². The Bertz CT molecular complexity index is 1590. The van der Waals surface area contributed by atoms with Gasteiger partial charge in [0.2, 0.25) is 0 Å². The Morgan fingerprint density at radius 2 is 0.545 bits per heavy atom. The van der Waals surface area contributed by atoms with E-state index in [9.17, 15) is 0 Å². The molecule has 12 heteroatoms. The van der Waals surface area contributed by atoms with Gasteiger partial charge in [-0.15, -0.1) is 0 Å². The molecule has 0 unspecified atom stereocenters. The average molecular weight is 838 g/mol. The number of benzene rings is 4. The van der Waals surface area contributed by atoms with Gasteiger partial charge in [-0.1, -0.05) is 63.7 Å². The Kier molecular flexibility index (Phi) is 9.51. The van der Waals surface area contributed by atoms with Crippen molar-refractivity contribution in [2.45, 2.75) is 0 Å². The lowest BCUT2D eigenvalue weighted by Gasteiger charge is -2.10. The van der Waals surface area contributed by atoms with E-state index in [1.807, 2.05) is 97.1 Å². The molecule has 6 rings (SSSR count). The van der Waals surface area contributed by atoms with Crippen molar-refractivity contribution in [2.24, 2.45) is 20.0 Å². The Morgan fingerprint density at radius 1 is 0.341 bits per heavy atom. The van der Waals surface area contributed by atoms with Gasteiger partial charge in [0.1, 0.15) is 0 Å². The molecule has 0 fully saturated rings. The molecule has 0 saturated carbocycles. The zero-order chi connectivity index (χ0) is 30.5. The maximum atomic E-state index is 4.75. The SMILES string of the molecule is Brc1ccc(NC2=NC(=CC=C3N=C(Nc4ccc(Br)cc4)C(Nc4ccc(Br)cc4)=N3)N=C2Nc2ccc(Br)cc2)cc1. The van der Waals surface area contributed by atoms with Gasteiger partial charge in [0, 0.05) is 40.6 Å². The number of hydrogen-bond acceptors (Lipinski definition) is 8. The second kappa shape index (κ2) is 13.9. The molecule has 44 heavy (non-hydrogen) atoms. The summed E-state index contributed by atoms with van der Waals surface area (Å²) in [6, 6.07) is 31.5. The van der Waals surface area contributed by atoms with E-state index in [0.717, 1.165) is 40.6 Å². The molecule has 0 spiro atoms. The Morgan fingerprint density at radius 3 is 0.750 bits per heavy atom. The molecule has 0 aromatic heterocycles. The van der Waals surface area contributed by atoms with E-state index in [4.69, 9.17) is 20.0 Å². The average Bonchev–Trinajstić information content (AvgIpc) is 3.59. The number of anilines is 4. The summed E-state index contributed by atoms with van der Waals surface area (Å²) in [6.07, 6.45) is 3.59. The molecule has 0 amide bonds. The molecule has 2 aliphatic heterocycles. The predicted molar refractivity (Wildman–Crippen MR) is 197 cm³/mol. The molecule has 2 heterocycles. The Hall–Kier alpha value is -3.84. The molecular weight excluding hydrogens is 816 g/mol. The van der Waals surface area contributed by atoms with Gasteiger partial charge in [0.15, 0.2) is 35.0 Å². The van der Waals surface area contributed by atoms with E-state index >= 15 is 0 Å². The summed E-state index contributed by atoms with van der Waals surface area (Å²) in [7, 11) is 0. The first-order valence-electron chi connectivity index (χ1n) is 13.2. The van der Waals surface area contributed by atoms with Gasteiger partial charge in [-0.2, -0.15) is 0 Å². The highest BCUT2D eigenvalue weighted by Crippen LogP contribution is 2.22. The molecule has 0 atom stereocenters. The standard InChI is InChI=1S/C32H22Br4N8/c33-19-1-9-23(10-2-19)37-29-30(38-24-11-3-20(34)4-12-24)42-27(41-29)17-18-28-43-31(39-25-13-5-21(35)6-14-25)32(44-28)40-26-15-7-22(36)8-16-26/h1-18H,(H,37,41)(H,38,42)(H,39,43)(H,40,44). The first-order chi connectivity index (χ1) is 21.4. The highest BCUT2D eigenvalue weighted by atomic mass is 79.9. The van der Waals surface area contributed by atoms with Crippen molar-refractivity contribution in [3.63, 3.8) is 0 Å². The Labute approximate surface area is 287 Å². The van der Waals surface area contributed by atoms with Crippen LogP contribution in [0.5, 0.6) is 0 Å². The molecule has 0 saturated heterocycles. The predicted octanol–water partition coefficient (Wildman–Crippen LogP) is 9.79. The molecule has 2 aliphatic rings. The van der Waals surface area contributed by atoms with E-state index in [2.05, 4.69) is 85.0 Å². The van der Waals surface area contributed by atoms with Crippen LogP contribution < -0.4 is 21.3 Å². The monoisotopic (exact) mass is 834 g/mol. The quantitative estimate of drug-likeness (QED) is 0.161. The lowest BCUT2D eigenvalue weighted by atomic mass is 10.3. The molecule has 0 radical (unpaired) electrons. The van der Waals surface area contributed by atoms with Crippen LogP contribution in [0.2, 0.25) is 0 Å². The van der Waals surface area contributed by atoms with Crippen LogP contribution in [0, 0.1) is 0 Å². The summed E-state index contributed by atoms with van der Waals surface area (Å²) in [5, 5.41) is 13.5. The minimum absolute atomic E-state index is 0.499. The van der Waals surface area contributed by atoms with Crippen molar-refractivity contribution in [2.75, 3.05) is 21.3 Å². The topological polar surface area (TPSA) is 97.6 Å². The largest absolute Gasteiger partial charge is 0.337 e. The minimum Gasteiger partial charge on any atom is -0.337 e. The van der Waals surface area contributed by atoms with E-state index in [1.54, 1.807) is 12.2 Å². The fraction of sp³-hybridized carbons (Fsp3) is 0. The smallest absolute Gasteiger partial charge is 0.176 e. The van der Waals surface area contributed by atoms with E-state index in [-0.39, 0.29) is 0 Å². The van der Waals surface area contributed by atoms with Crippen LogP contribution in [0.25, 0.3) is 0 Å². The van der Waals surface area contributed by atoms with Crippen molar-refractivity contribution in [3.8, 4) is 0 Å². The lowest BCUT2D eigenvalue weighted by molar-refractivity contribution is 1.24. The maximum Gasteiger partial charge on any atom is 0.176 e. The van der Waals surface area contributed by atoms with Gasteiger partial charge in [0.25, 0.3) is 0 Å². The van der Waals surface area contributed by atoms with E-state index in [1.165, 1.54) is 0 Å². The number of amidine groups is 4. The fourth-order valence-corrected chi connectivity index (χ4v) is 5.10. The van der Waals surface area contributed by atoms with Gasteiger partial charge in [-0.3, -0.25) is 0 Å². The van der Waals surface area contributed by atoms with Crippen LogP contribution in [-0.4, -0.2) is 23.3 Å². The Balaban J connectivity index is 1.29. The number of halogens is 4. The maximum absolute atomic E-state index is 4.75. The summed E-state index contributed by atoms with van der Waals surface area (Å²) in [6.45, 7) is 0. The van der Waals surface area contributed by atoms with Crippen LogP contribution in [0.15, 0.2) is 159 Å². The molecule has 4 aromatic rings. The highest BCUT2D eigenvalue weighted by Gasteiger charge is 2.20. The zero-order valence-corrected chi connectivity index (χ0v) is 29.0. The van der Waals surface area contributed by atoms with Crippen LogP contribution in [-0.2, 0) is 0 Å². The molecule has 0 aliphatic carbocycles. The van der Waals surface area contributed by atoms with Crippen LogP contribution >= 0.6 is 63.7 Å². The van der Waals surface area contributed by atoms with Crippen molar-refractivity contribution in [1.29, 1.82) is 0 Å². The van der Waals surface area contributed by atoms with Gasteiger partial charge < -0.3 is 21.3 Å². The van der Waals surface area contributed by atoms with Crippen molar-refractivity contribution < 1.29 is 0 Å². The molecule has 0 bridgehead atoms. The summed E-state index contributed by atoms with van der Waals surface area (Å²) in [4.78, 5) is 19.0. The molecule has 8 nitrogen and oxygen atoms in total. The molecule has 4 N–H and O–H groups in total. The fourth-order valence-electron chi connectivity index (χ4n) is 4.05. The van der Waals surface area contributed by atoms with Crippen molar-refractivity contribution in [1.82, 2.24) is 0 Å². The van der Waals surface area contributed by atoms with Crippen LogP contribution in [0.3, 0.4) is 0 Å². The zero-order valence-electron chi connectivity index (χ0n) is 22.7. The van der Waals surface area contributed by atoms with Gasteiger partial charge >= 0.3 is 0 Å². The number of rotatable bonds is 5. The minimum atomic E-state index is 0.499. The third-order valence-corrected chi connectivity index (χ3v) is 8.28. The van der Waals surface area contributed by atoms with E-state index in [0.29, 0.717) is 35.0 Å². The first-order valence-corrected chi connectivity index (χ1v) is 16.4. The van der Waals surface area contributed by atoms with E-state index < -0.39 is 0 Å². The van der Waals surface area contributed by atoms with Crippen LogP contribution in [0.4, 0.5) is 22.7 Å². The highest BCUT2D eigenvalue weighted by molar-refractivity contribution is 9.11. The number of hydrogen-bond donors (Lipinski definition) is 4. The number of aliphatic imine (C=N–C) groups is 4. The van der Waals surface area contributed by atoms with Crippen molar-refractivity contribution >= 4 is 110 Å². The number of nitrogens with one attached hydrogen (secondary N) is 4. The normalized spacial score (nSPS) is 13.9. The van der Waals surface area contributed by atoms with Crippen molar-refractivity contribution in [3.05, 3.63) is 139 Å². The summed E-state index contributed by atoms with van der Waals surface area (Å²) >= 11 is 13.9. The molecule has 4 aromatic carbocycles. The first kappa shape index (κ1) is 30.2. The molecule has 218 valence electrons. The summed E-state index contributed by atoms with van der Waals surface area (Å²) < 4.78 is 3.97. The van der Waals surface area contributed by atoms with Gasteiger partial charge in [-0.25, -0.2) is 20.0 Å². The summed E-state index contributed by atoms with van der Waals surface area (Å²) in [5.41, 5.74) is 3.53. The van der Waals surface area contributed by atoms with Gasteiger partial charge in [-0.05, 0) is 109 Å². The van der Waals surface area contributed by atoms with Gasteiger partial charge in [0.05, 0.1) is 0 Å². The molecular formula is C32H22Br4N8. The lowest BCUT2D eigenvalue weighted by Crippen LogP contribution is -2.27. The third kappa shape index (κ3) is 8.00. The number of allylic oxidation sites excluding steroid dienone is 2. The second-order valence-corrected chi connectivity index (χ2v) is 13.1.